The second-order valence-electron chi connectivity index (χ2n) is 11.4. The van der Waals surface area contributed by atoms with E-state index < -0.39 is 0 Å². The van der Waals surface area contributed by atoms with Crippen LogP contribution >= 0.6 is 0 Å². The maximum Gasteiger partial charge on any atom is 0.407 e. The molecule has 1 amide bonds. The molecule has 0 saturated carbocycles. The summed E-state index contributed by atoms with van der Waals surface area (Å²) < 4.78 is 5.68. The highest BCUT2D eigenvalue weighted by atomic mass is 16.6. The summed E-state index contributed by atoms with van der Waals surface area (Å²) in [5.41, 5.74) is 5.50. The highest BCUT2D eigenvalue weighted by Gasteiger charge is 2.34. The van der Waals surface area contributed by atoms with Gasteiger partial charge in [-0.15, -0.1) is 0 Å². The lowest BCUT2D eigenvalue weighted by molar-refractivity contribution is 0.106. The first kappa shape index (κ1) is 25.3. The Morgan fingerprint density at radius 3 is 1.85 bits per heavy atom. The van der Waals surface area contributed by atoms with Crippen molar-refractivity contribution in [3.63, 3.8) is 0 Å². The highest BCUT2D eigenvalue weighted by Crippen LogP contribution is 2.35. The molecule has 4 heteroatoms. The molecule has 1 heterocycles. The number of benzene rings is 2. The first-order valence-corrected chi connectivity index (χ1v) is 12.4. The van der Waals surface area contributed by atoms with Crippen molar-refractivity contribution < 1.29 is 9.53 Å². The largest absolute Gasteiger partial charge is 0.445 e. The summed E-state index contributed by atoms with van der Waals surface area (Å²) in [5.74, 6) is 0.195. The Labute approximate surface area is 200 Å². The standard InChI is InChI=1S/C29H42N2O2/c1-8-17-30-27(32)33-24-18-25(31-19-24)26(20-9-13-22(14-10-20)28(2,3)4)21-11-15-23(16-12-21)29(5,6)7/h9-16,24-26,31H,8,17-19H2,1-7H3,(H,30,32)/t24-,25-/m1/s1. The van der Waals surface area contributed by atoms with Crippen molar-refractivity contribution in [2.75, 3.05) is 13.1 Å². The lowest BCUT2D eigenvalue weighted by atomic mass is 9.80. The molecule has 180 valence electrons. The quantitative estimate of drug-likeness (QED) is 0.544. The Morgan fingerprint density at radius 1 is 0.939 bits per heavy atom. The molecule has 0 unspecified atom stereocenters. The second kappa shape index (κ2) is 10.3. The van der Waals surface area contributed by atoms with E-state index in [1.807, 2.05) is 6.92 Å². The Balaban J connectivity index is 1.86. The molecule has 0 aromatic heterocycles. The van der Waals surface area contributed by atoms with Crippen LogP contribution in [0.4, 0.5) is 4.79 Å². The van der Waals surface area contributed by atoms with Crippen molar-refractivity contribution in [2.24, 2.45) is 0 Å². The van der Waals surface area contributed by atoms with Crippen LogP contribution in [-0.4, -0.2) is 31.3 Å². The van der Waals surface area contributed by atoms with E-state index in [2.05, 4.69) is 101 Å². The van der Waals surface area contributed by atoms with E-state index in [9.17, 15) is 4.79 Å². The predicted molar refractivity (Wildman–Crippen MR) is 137 cm³/mol. The van der Waals surface area contributed by atoms with Crippen LogP contribution in [0.3, 0.4) is 0 Å². The van der Waals surface area contributed by atoms with Gasteiger partial charge in [-0.25, -0.2) is 4.79 Å². The summed E-state index contributed by atoms with van der Waals surface area (Å²) >= 11 is 0. The molecule has 1 aliphatic rings. The number of ether oxygens (including phenoxy) is 1. The van der Waals surface area contributed by atoms with Crippen molar-refractivity contribution in [3.8, 4) is 0 Å². The fourth-order valence-corrected chi connectivity index (χ4v) is 4.53. The van der Waals surface area contributed by atoms with Gasteiger partial charge in [-0.05, 0) is 39.5 Å². The number of amides is 1. The number of alkyl carbamates (subject to hydrolysis) is 1. The van der Waals surface area contributed by atoms with Crippen LogP contribution in [-0.2, 0) is 15.6 Å². The van der Waals surface area contributed by atoms with Gasteiger partial charge >= 0.3 is 6.09 Å². The van der Waals surface area contributed by atoms with Crippen LogP contribution in [0.5, 0.6) is 0 Å². The Morgan fingerprint density at radius 2 is 1.42 bits per heavy atom. The maximum atomic E-state index is 12.1. The van der Waals surface area contributed by atoms with Gasteiger partial charge in [0.25, 0.3) is 0 Å². The normalized spacial score (nSPS) is 19.0. The average molecular weight is 451 g/mol. The van der Waals surface area contributed by atoms with Crippen LogP contribution in [0.2, 0.25) is 0 Å². The molecule has 2 aromatic rings. The number of rotatable bonds is 6. The maximum absolute atomic E-state index is 12.1. The van der Waals surface area contributed by atoms with Crippen molar-refractivity contribution in [1.29, 1.82) is 0 Å². The molecule has 33 heavy (non-hydrogen) atoms. The molecular formula is C29H42N2O2. The number of hydrogen-bond donors (Lipinski definition) is 2. The van der Waals surface area contributed by atoms with E-state index in [1.54, 1.807) is 0 Å². The van der Waals surface area contributed by atoms with E-state index in [0.717, 1.165) is 12.8 Å². The van der Waals surface area contributed by atoms with Gasteiger partial charge < -0.3 is 15.4 Å². The van der Waals surface area contributed by atoms with Gasteiger partial charge in [0.15, 0.2) is 0 Å². The fraction of sp³-hybridized carbons (Fsp3) is 0.552. The molecule has 2 N–H and O–H groups in total. The Kier molecular flexibility index (Phi) is 7.89. The molecule has 0 radical (unpaired) electrons. The third kappa shape index (κ3) is 6.60. The topological polar surface area (TPSA) is 50.4 Å². The Hall–Kier alpha value is -2.33. The fourth-order valence-electron chi connectivity index (χ4n) is 4.53. The molecule has 1 aliphatic heterocycles. The third-order valence-electron chi connectivity index (χ3n) is 6.59. The molecular weight excluding hydrogens is 408 g/mol. The molecule has 0 spiro atoms. The zero-order chi connectivity index (χ0) is 24.2. The van der Waals surface area contributed by atoms with Crippen molar-refractivity contribution in [2.45, 2.75) is 90.2 Å². The van der Waals surface area contributed by atoms with Crippen LogP contribution < -0.4 is 10.6 Å². The molecule has 2 atom stereocenters. The van der Waals surface area contributed by atoms with Gasteiger partial charge in [0.1, 0.15) is 6.10 Å². The average Bonchev–Trinajstić information content (AvgIpc) is 3.19. The van der Waals surface area contributed by atoms with E-state index in [4.69, 9.17) is 4.74 Å². The SMILES string of the molecule is CCCNC(=O)O[C@H]1CN[C@@H](C(c2ccc(C(C)(C)C)cc2)c2ccc(C(C)(C)C)cc2)C1. The van der Waals surface area contributed by atoms with Crippen molar-refractivity contribution in [3.05, 3.63) is 70.8 Å². The number of nitrogens with one attached hydrogen (secondary N) is 2. The summed E-state index contributed by atoms with van der Waals surface area (Å²) in [4.78, 5) is 12.1. The summed E-state index contributed by atoms with van der Waals surface area (Å²) in [6, 6.07) is 18.3. The first-order valence-electron chi connectivity index (χ1n) is 12.4. The molecule has 0 aliphatic carbocycles. The van der Waals surface area contributed by atoms with E-state index in [1.165, 1.54) is 22.3 Å². The van der Waals surface area contributed by atoms with Crippen LogP contribution in [0, 0.1) is 0 Å². The van der Waals surface area contributed by atoms with E-state index in [-0.39, 0.29) is 35.0 Å². The lowest BCUT2D eigenvalue weighted by Gasteiger charge is -2.27. The van der Waals surface area contributed by atoms with Crippen LogP contribution in [0.15, 0.2) is 48.5 Å². The smallest absolute Gasteiger partial charge is 0.407 e. The molecule has 1 fully saturated rings. The summed E-state index contributed by atoms with van der Waals surface area (Å²) in [7, 11) is 0. The molecule has 4 nitrogen and oxygen atoms in total. The molecule has 3 rings (SSSR count). The van der Waals surface area contributed by atoms with Gasteiger partial charge in [0, 0.05) is 31.5 Å². The first-order chi connectivity index (χ1) is 15.5. The summed E-state index contributed by atoms with van der Waals surface area (Å²) in [6.45, 7) is 16.8. The van der Waals surface area contributed by atoms with Gasteiger partial charge in [-0.3, -0.25) is 0 Å². The van der Waals surface area contributed by atoms with Gasteiger partial charge in [-0.2, -0.15) is 0 Å². The van der Waals surface area contributed by atoms with Gasteiger partial charge in [-0.1, -0.05) is 97.0 Å². The number of carbonyl (C=O) groups excluding carboxylic acids is 1. The molecule has 0 bridgehead atoms. The molecule has 1 saturated heterocycles. The van der Waals surface area contributed by atoms with Crippen LogP contribution in [0.25, 0.3) is 0 Å². The van der Waals surface area contributed by atoms with E-state index in [0.29, 0.717) is 13.1 Å². The monoisotopic (exact) mass is 450 g/mol. The lowest BCUT2D eigenvalue weighted by Crippen LogP contribution is -2.30. The molecule has 2 aromatic carbocycles. The highest BCUT2D eigenvalue weighted by molar-refractivity contribution is 5.67. The summed E-state index contributed by atoms with van der Waals surface area (Å²) in [6.07, 6.45) is 1.27. The zero-order valence-electron chi connectivity index (χ0n) is 21.5. The Bertz CT molecular complexity index is 847. The van der Waals surface area contributed by atoms with Gasteiger partial charge in [0.2, 0.25) is 0 Å². The number of hydrogen-bond acceptors (Lipinski definition) is 3. The van der Waals surface area contributed by atoms with Crippen molar-refractivity contribution >= 4 is 6.09 Å². The van der Waals surface area contributed by atoms with Crippen LogP contribution in [0.1, 0.15) is 89.5 Å². The third-order valence-corrected chi connectivity index (χ3v) is 6.59. The minimum atomic E-state index is -0.315. The van der Waals surface area contributed by atoms with Gasteiger partial charge in [0.05, 0.1) is 0 Å². The van der Waals surface area contributed by atoms with Crippen molar-refractivity contribution in [1.82, 2.24) is 10.6 Å². The summed E-state index contributed by atoms with van der Waals surface area (Å²) in [5, 5.41) is 6.47. The minimum Gasteiger partial charge on any atom is -0.445 e. The number of carbonyl (C=O) groups is 1. The minimum absolute atomic E-state index is 0.114. The zero-order valence-corrected chi connectivity index (χ0v) is 21.5. The van der Waals surface area contributed by atoms with E-state index >= 15 is 0 Å². The second-order valence-corrected chi connectivity index (χ2v) is 11.4. The predicted octanol–water partition coefficient (Wildman–Crippen LogP) is 6.28.